The quantitative estimate of drug-likeness (QED) is 0.362. The van der Waals surface area contributed by atoms with Crippen LogP contribution in [0.15, 0.2) is 36.4 Å². The minimum Gasteiger partial charge on any atom is -0.490 e. The number of carbonyl (C=O) groups excluding carboxylic acids is 2. The maximum atomic E-state index is 13.6. The Bertz CT molecular complexity index is 1130. The summed E-state index contributed by atoms with van der Waals surface area (Å²) in [7, 11) is 0. The first-order chi connectivity index (χ1) is 17.0. The van der Waals surface area contributed by atoms with Crippen LogP contribution in [0.1, 0.15) is 57.5 Å². The molecule has 36 heavy (non-hydrogen) atoms. The lowest BCUT2D eigenvalue weighted by molar-refractivity contribution is -0.143. The minimum atomic E-state index is -4.85. The average molecular weight is 510 g/mol. The summed E-state index contributed by atoms with van der Waals surface area (Å²) in [6, 6.07) is 6.88. The molecule has 1 aliphatic rings. The van der Waals surface area contributed by atoms with Crippen LogP contribution in [0, 0.1) is 18.7 Å². The third-order valence-corrected chi connectivity index (χ3v) is 6.00. The van der Waals surface area contributed by atoms with Gasteiger partial charge in [0, 0.05) is 24.2 Å². The number of halogens is 4. The molecule has 0 heterocycles. The molecule has 3 N–H and O–H groups in total. The van der Waals surface area contributed by atoms with Crippen molar-refractivity contribution in [2.75, 3.05) is 13.1 Å². The van der Waals surface area contributed by atoms with Crippen molar-refractivity contribution in [3.8, 4) is 5.75 Å². The first-order valence-electron chi connectivity index (χ1n) is 11.4. The summed E-state index contributed by atoms with van der Waals surface area (Å²) >= 11 is 0. The molecule has 0 bridgehead atoms. The lowest BCUT2D eigenvalue weighted by atomic mass is 9.87. The van der Waals surface area contributed by atoms with Crippen LogP contribution in [0.3, 0.4) is 0 Å². The molecule has 7 nitrogen and oxygen atoms in total. The molecule has 2 amide bonds. The number of alkyl halides is 3. The Hall–Kier alpha value is -3.63. The Labute approximate surface area is 204 Å². The van der Waals surface area contributed by atoms with E-state index in [1.165, 1.54) is 0 Å². The van der Waals surface area contributed by atoms with Crippen molar-refractivity contribution < 1.29 is 41.8 Å². The highest BCUT2D eigenvalue weighted by Crippen LogP contribution is 2.31. The monoisotopic (exact) mass is 510 g/mol. The van der Waals surface area contributed by atoms with Crippen molar-refractivity contribution in [2.45, 2.75) is 44.9 Å². The molecule has 2 aromatic rings. The summed E-state index contributed by atoms with van der Waals surface area (Å²) < 4.78 is 57.5. The Morgan fingerprint density at radius 3 is 2.17 bits per heavy atom. The minimum absolute atomic E-state index is 0.0214. The number of nitrogens with one attached hydrogen (secondary N) is 2. The number of carboxylic acids is 1. The van der Waals surface area contributed by atoms with Gasteiger partial charge in [0.2, 0.25) is 0 Å². The summed E-state index contributed by atoms with van der Waals surface area (Å²) in [5.41, 5.74) is -0.667. The van der Waals surface area contributed by atoms with Gasteiger partial charge in [0.05, 0.1) is 17.6 Å². The number of carboxylic acid groups (broad SMARTS) is 1. The number of rotatable bonds is 8. The molecule has 2 aromatic carbocycles. The van der Waals surface area contributed by atoms with Gasteiger partial charge in [0.1, 0.15) is 11.6 Å². The van der Waals surface area contributed by atoms with Gasteiger partial charge in [-0.05, 0) is 74.6 Å². The van der Waals surface area contributed by atoms with E-state index >= 15 is 0 Å². The van der Waals surface area contributed by atoms with Gasteiger partial charge in [-0.25, -0.2) is 4.39 Å². The third kappa shape index (κ3) is 6.96. The number of aliphatic carboxylic acids is 1. The van der Waals surface area contributed by atoms with Crippen molar-refractivity contribution in [3.05, 3.63) is 64.5 Å². The maximum absolute atomic E-state index is 13.6. The SMILES string of the molecule is Cc1cc(OC2CCC(C(=O)O)CC2)ccc1C(=O)NCCNC(=O)c1ccc(C(F)(F)F)c(F)c1. The average Bonchev–Trinajstić information content (AvgIpc) is 2.81. The Kier molecular flexibility index (Phi) is 8.54. The molecule has 1 saturated carbocycles. The number of aryl methyl sites for hydroxylation is 1. The molecule has 0 aromatic heterocycles. The highest BCUT2D eigenvalue weighted by Gasteiger charge is 2.34. The normalized spacial score (nSPS) is 17.8. The Balaban J connectivity index is 1.46. The van der Waals surface area contributed by atoms with Crippen molar-refractivity contribution in [3.63, 3.8) is 0 Å². The van der Waals surface area contributed by atoms with Crippen LogP contribution < -0.4 is 15.4 Å². The standard InChI is InChI=1S/C25H26F4N2O5/c1-14-12-18(36-17-5-2-15(3-6-17)24(34)35)7-8-19(14)23(33)31-11-10-30-22(32)16-4-9-20(21(26)13-16)25(27,28)29/h4,7-9,12-13,15,17H,2-3,5-6,10-11H2,1H3,(H,30,32)(H,31,33)(H,34,35). The zero-order valence-electron chi connectivity index (χ0n) is 19.5. The number of hydrogen-bond donors (Lipinski definition) is 3. The highest BCUT2D eigenvalue weighted by molar-refractivity contribution is 5.96. The molecule has 1 aliphatic carbocycles. The van der Waals surface area contributed by atoms with Gasteiger partial charge >= 0.3 is 12.1 Å². The van der Waals surface area contributed by atoms with Gasteiger partial charge in [0.25, 0.3) is 11.8 Å². The lowest BCUT2D eigenvalue weighted by Gasteiger charge is -2.27. The molecular weight excluding hydrogens is 484 g/mol. The molecule has 11 heteroatoms. The van der Waals surface area contributed by atoms with Crippen LogP contribution in [0.2, 0.25) is 0 Å². The van der Waals surface area contributed by atoms with E-state index in [4.69, 9.17) is 9.84 Å². The second-order valence-electron chi connectivity index (χ2n) is 8.61. The maximum Gasteiger partial charge on any atom is 0.419 e. The number of carbonyl (C=O) groups is 3. The first kappa shape index (κ1) is 27.0. The summed E-state index contributed by atoms with van der Waals surface area (Å²) in [5, 5.41) is 14.1. The fourth-order valence-corrected chi connectivity index (χ4v) is 4.02. The molecule has 194 valence electrons. The van der Waals surface area contributed by atoms with E-state index in [1.54, 1.807) is 25.1 Å². The number of amides is 2. The van der Waals surface area contributed by atoms with Gasteiger partial charge in [-0.1, -0.05) is 0 Å². The molecule has 0 radical (unpaired) electrons. The van der Waals surface area contributed by atoms with Gasteiger partial charge < -0.3 is 20.5 Å². The van der Waals surface area contributed by atoms with E-state index in [-0.39, 0.29) is 30.7 Å². The van der Waals surface area contributed by atoms with Crippen molar-refractivity contribution >= 4 is 17.8 Å². The first-order valence-corrected chi connectivity index (χ1v) is 11.4. The van der Waals surface area contributed by atoms with E-state index < -0.39 is 35.3 Å². The molecule has 3 rings (SSSR count). The zero-order valence-corrected chi connectivity index (χ0v) is 19.5. The van der Waals surface area contributed by atoms with E-state index in [2.05, 4.69) is 10.6 Å². The molecule has 0 spiro atoms. The van der Waals surface area contributed by atoms with Gasteiger partial charge in [0.15, 0.2) is 0 Å². The van der Waals surface area contributed by atoms with E-state index in [9.17, 15) is 31.9 Å². The molecule has 0 atom stereocenters. The van der Waals surface area contributed by atoms with Crippen LogP contribution in [0.5, 0.6) is 5.75 Å². The van der Waals surface area contributed by atoms with Crippen LogP contribution in [0.25, 0.3) is 0 Å². The topological polar surface area (TPSA) is 105 Å². The summed E-state index contributed by atoms with van der Waals surface area (Å²) in [5.74, 6) is -3.24. The van der Waals surface area contributed by atoms with Gasteiger partial charge in [-0.2, -0.15) is 13.2 Å². The number of benzene rings is 2. The predicted molar refractivity (Wildman–Crippen MR) is 121 cm³/mol. The smallest absolute Gasteiger partial charge is 0.419 e. The summed E-state index contributed by atoms with van der Waals surface area (Å²) in [6.07, 6.45) is -2.53. The Morgan fingerprint density at radius 1 is 0.972 bits per heavy atom. The molecule has 0 aliphatic heterocycles. The van der Waals surface area contributed by atoms with Gasteiger partial charge in [-0.3, -0.25) is 14.4 Å². The molecule has 0 unspecified atom stereocenters. The second kappa shape index (κ2) is 11.4. The number of hydrogen-bond acceptors (Lipinski definition) is 4. The van der Waals surface area contributed by atoms with Crippen LogP contribution in [0.4, 0.5) is 17.6 Å². The lowest BCUT2D eigenvalue weighted by Crippen LogP contribution is -2.35. The second-order valence-corrected chi connectivity index (χ2v) is 8.61. The largest absolute Gasteiger partial charge is 0.490 e. The number of ether oxygens (including phenoxy) is 1. The van der Waals surface area contributed by atoms with E-state index in [1.807, 2.05) is 0 Å². The fraction of sp³-hybridized carbons (Fsp3) is 0.400. The molecular formula is C25H26F4N2O5. The summed E-state index contributed by atoms with van der Waals surface area (Å²) in [4.78, 5) is 35.6. The molecule has 0 saturated heterocycles. The third-order valence-electron chi connectivity index (χ3n) is 6.00. The summed E-state index contributed by atoms with van der Waals surface area (Å²) in [6.45, 7) is 1.76. The van der Waals surface area contributed by atoms with Crippen LogP contribution in [-0.2, 0) is 11.0 Å². The highest BCUT2D eigenvalue weighted by atomic mass is 19.4. The molecule has 1 fully saturated rings. The van der Waals surface area contributed by atoms with Crippen LogP contribution in [-0.4, -0.2) is 42.1 Å². The zero-order chi connectivity index (χ0) is 26.5. The van der Waals surface area contributed by atoms with E-state index in [0.717, 1.165) is 6.07 Å². The fourth-order valence-electron chi connectivity index (χ4n) is 4.02. The van der Waals surface area contributed by atoms with Crippen molar-refractivity contribution in [2.24, 2.45) is 5.92 Å². The van der Waals surface area contributed by atoms with Crippen molar-refractivity contribution in [1.29, 1.82) is 0 Å². The van der Waals surface area contributed by atoms with E-state index in [0.29, 0.717) is 54.7 Å². The van der Waals surface area contributed by atoms with Crippen LogP contribution >= 0.6 is 0 Å². The van der Waals surface area contributed by atoms with Crippen molar-refractivity contribution in [1.82, 2.24) is 10.6 Å². The Morgan fingerprint density at radius 2 is 1.61 bits per heavy atom. The predicted octanol–water partition coefficient (Wildman–Crippen LogP) is 4.33. The van der Waals surface area contributed by atoms with Gasteiger partial charge in [-0.15, -0.1) is 0 Å².